The zero-order valence-corrected chi connectivity index (χ0v) is 16.1. The Kier molecular flexibility index (Phi) is 8.11. The van der Waals surface area contributed by atoms with Crippen LogP contribution in [0, 0.1) is 0 Å². The molecule has 3 rings (SSSR count). The summed E-state index contributed by atoms with van der Waals surface area (Å²) in [6.45, 7) is 1.99. The SMILES string of the molecule is COc1ccc(CCNCc2ccc3c(c2)OCO3)cc1OC.O=C(O)C(=O)O. The first-order chi connectivity index (χ1) is 13.9. The van der Waals surface area contributed by atoms with Gasteiger partial charge in [0.05, 0.1) is 14.2 Å². The van der Waals surface area contributed by atoms with E-state index in [2.05, 4.69) is 17.4 Å². The van der Waals surface area contributed by atoms with Crippen LogP contribution in [0.3, 0.4) is 0 Å². The van der Waals surface area contributed by atoms with E-state index >= 15 is 0 Å². The normalized spacial score (nSPS) is 11.2. The van der Waals surface area contributed by atoms with Gasteiger partial charge >= 0.3 is 11.9 Å². The van der Waals surface area contributed by atoms with E-state index in [-0.39, 0.29) is 0 Å². The van der Waals surface area contributed by atoms with Crippen molar-refractivity contribution in [2.75, 3.05) is 27.6 Å². The van der Waals surface area contributed by atoms with E-state index in [1.807, 2.05) is 24.3 Å². The molecule has 1 aliphatic rings. The molecule has 29 heavy (non-hydrogen) atoms. The fourth-order valence-electron chi connectivity index (χ4n) is 2.55. The van der Waals surface area contributed by atoms with Gasteiger partial charge in [-0.05, 0) is 48.4 Å². The molecule has 3 N–H and O–H groups in total. The highest BCUT2D eigenvalue weighted by Gasteiger charge is 2.12. The molecule has 9 nitrogen and oxygen atoms in total. The lowest BCUT2D eigenvalue weighted by atomic mass is 10.1. The first kappa shape index (κ1) is 21.8. The van der Waals surface area contributed by atoms with Crippen LogP contribution in [0.4, 0.5) is 0 Å². The number of ether oxygens (including phenoxy) is 4. The number of hydrogen-bond donors (Lipinski definition) is 3. The van der Waals surface area contributed by atoms with Crippen molar-refractivity contribution in [3.8, 4) is 23.0 Å². The largest absolute Gasteiger partial charge is 0.493 e. The van der Waals surface area contributed by atoms with Crippen LogP contribution in [0.15, 0.2) is 36.4 Å². The third kappa shape index (κ3) is 6.58. The smallest absolute Gasteiger partial charge is 0.414 e. The Balaban J connectivity index is 0.000000438. The van der Waals surface area contributed by atoms with Gasteiger partial charge in [-0.25, -0.2) is 9.59 Å². The second-order valence-electron chi connectivity index (χ2n) is 5.91. The number of benzene rings is 2. The summed E-state index contributed by atoms with van der Waals surface area (Å²) < 4.78 is 21.3. The molecule has 0 aromatic heterocycles. The topological polar surface area (TPSA) is 124 Å². The molecule has 0 spiro atoms. The number of hydrogen-bond acceptors (Lipinski definition) is 7. The second-order valence-corrected chi connectivity index (χ2v) is 5.91. The van der Waals surface area contributed by atoms with Gasteiger partial charge in [0, 0.05) is 6.54 Å². The Hall–Kier alpha value is -3.46. The molecule has 0 bridgehead atoms. The predicted octanol–water partition coefficient (Wildman–Crippen LogP) is 1.92. The standard InChI is InChI=1S/C18H21NO4.C2H2O4/c1-20-15-5-3-13(9-17(15)21-2)7-8-19-11-14-4-6-16-18(10-14)23-12-22-16;3-1(4)2(5)6/h3-6,9-10,19H,7-8,11-12H2,1-2H3;(H,3,4)(H,5,6). The Labute approximate surface area is 167 Å². The summed E-state index contributed by atoms with van der Waals surface area (Å²) in [5.74, 6) is -0.487. The summed E-state index contributed by atoms with van der Waals surface area (Å²) in [6.07, 6.45) is 0.922. The van der Waals surface area contributed by atoms with Crippen molar-refractivity contribution in [1.29, 1.82) is 0 Å². The quantitative estimate of drug-likeness (QED) is 0.468. The maximum atomic E-state index is 9.10. The molecule has 0 radical (unpaired) electrons. The van der Waals surface area contributed by atoms with Crippen LogP contribution in [-0.2, 0) is 22.6 Å². The summed E-state index contributed by atoms with van der Waals surface area (Å²) in [5.41, 5.74) is 2.39. The molecule has 0 saturated carbocycles. The predicted molar refractivity (Wildman–Crippen MR) is 103 cm³/mol. The molecule has 9 heteroatoms. The third-order valence-corrected chi connectivity index (χ3v) is 3.99. The Morgan fingerprint density at radius 3 is 2.24 bits per heavy atom. The zero-order valence-electron chi connectivity index (χ0n) is 16.1. The minimum atomic E-state index is -1.82. The van der Waals surface area contributed by atoms with Gasteiger partial charge in [-0.3, -0.25) is 0 Å². The lowest BCUT2D eigenvalue weighted by Crippen LogP contribution is -2.16. The molecular formula is C20H23NO8. The van der Waals surface area contributed by atoms with Crippen LogP contribution in [0.1, 0.15) is 11.1 Å². The van der Waals surface area contributed by atoms with Crippen molar-refractivity contribution in [1.82, 2.24) is 5.32 Å². The molecule has 2 aromatic rings. The van der Waals surface area contributed by atoms with Crippen molar-refractivity contribution in [2.45, 2.75) is 13.0 Å². The highest BCUT2D eigenvalue weighted by Crippen LogP contribution is 2.32. The fourth-order valence-corrected chi connectivity index (χ4v) is 2.55. The first-order valence-corrected chi connectivity index (χ1v) is 8.71. The van der Waals surface area contributed by atoms with E-state index < -0.39 is 11.9 Å². The summed E-state index contributed by atoms with van der Waals surface area (Å²) in [7, 11) is 3.30. The molecule has 2 aromatic carbocycles. The van der Waals surface area contributed by atoms with Gasteiger partial charge in [-0.2, -0.15) is 0 Å². The molecule has 0 amide bonds. The molecule has 0 unspecified atom stereocenters. The summed E-state index contributed by atoms with van der Waals surface area (Å²) >= 11 is 0. The van der Waals surface area contributed by atoms with E-state index in [0.29, 0.717) is 6.79 Å². The number of nitrogens with one attached hydrogen (secondary N) is 1. The highest BCUT2D eigenvalue weighted by molar-refractivity contribution is 6.27. The number of carboxylic acids is 2. The number of aliphatic carboxylic acids is 2. The summed E-state index contributed by atoms with van der Waals surface area (Å²) in [6, 6.07) is 12.0. The van der Waals surface area contributed by atoms with E-state index in [1.54, 1.807) is 14.2 Å². The average Bonchev–Trinajstić information content (AvgIpc) is 3.19. The molecule has 0 atom stereocenters. The highest BCUT2D eigenvalue weighted by atomic mass is 16.7. The van der Waals surface area contributed by atoms with Gasteiger partial charge in [-0.15, -0.1) is 0 Å². The Morgan fingerprint density at radius 2 is 1.59 bits per heavy atom. The Morgan fingerprint density at radius 1 is 0.931 bits per heavy atom. The number of carbonyl (C=O) groups is 2. The first-order valence-electron chi connectivity index (χ1n) is 8.71. The maximum absolute atomic E-state index is 9.10. The van der Waals surface area contributed by atoms with Crippen LogP contribution < -0.4 is 24.3 Å². The van der Waals surface area contributed by atoms with Crippen molar-refractivity contribution >= 4 is 11.9 Å². The van der Waals surface area contributed by atoms with Gasteiger partial charge < -0.3 is 34.5 Å². The summed E-state index contributed by atoms with van der Waals surface area (Å²) in [4.78, 5) is 18.2. The van der Waals surface area contributed by atoms with Crippen LogP contribution in [0.5, 0.6) is 23.0 Å². The van der Waals surface area contributed by atoms with Crippen molar-refractivity contribution < 1.29 is 38.7 Å². The lowest BCUT2D eigenvalue weighted by Gasteiger charge is -2.10. The molecule has 1 heterocycles. The second kappa shape index (κ2) is 10.8. The van der Waals surface area contributed by atoms with Gasteiger partial charge in [0.25, 0.3) is 0 Å². The van der Waals surface area contributed by atoms with Crippen molar-refractivity contribution in [2.24, 2.45) is 0 Å². The summed E-state index contributed by atoms with van der Waals surface area (Å²) in [5, 5.41) is 18.2. The molecule has 0 aliphatic carbocycles. The fraction of sp³-hybridized carbons (Fsp3) is 0.300. The number of methoxy groups -OCH3 is 2. The molecule has 0 saturated heterocycles. The van der Waals surface area contributed by atoms with Crippen LogP contribution >= 0.6 is 0 Å². The van der Waals surface area contributed by atoms with E-state index in [9.17, 15) is 0 Å². The van der Waals surface area contributed by atoms with E-state index in [1.165, 1.54) is 11.1 Å². The molecular weight excluding hydrogens is 382 g/mol. The minimum Gasteiger partial charge on any atom is -0.493 e. The van der Waals surface area contributed by atoms with Gasteiger partial charge in [0.15, 0.2) is 23.0 Å². The van der Waals surface area contributed by atoms with Crippen LogP contribution in [0.25, 0.3) is 0 Å². The van der Waals surface area contributed by atoms with E-state index in [0.717, 1.165) is 42.5 Å². The van der Waals surface area contributed by atoms with Gasteiger partial charge in [-0.1, -0.05) is 12.1 Å². The molecule has 0 fully saturated rings. The average molecular weight is 405 g/mol. The Bertz CT molecular complexity index is 840. The minimum absolute atomic E-state index is 0.311. The maximum Gasteiger partial charge on any atom is 0.414 e. The van der Waals surface area contributed by atoms with Crippen LogP contribution in [-0.4, -0.2) is 49.7 Å². The number of rotatable bonds is 7. The van der Waals surface area contributed by atoms with Gasteiger partial charge in [0.2, 0.25) is 6.79 Å². The van der Waals surface area contributed by atoms with Crippen LogP contribution in [0.2, 0.25) is 0 Å². The van der Waals surface area contributed by atoms with Crippen molar-refractivity contribution in [3.05, 3.63) is 47.5 Å². The molecule has 1 aliphatic heterocycles. The molecule has 156 valence electrons. The monoisotopic (exact) mass is 405 g/mol. The number of carboxylic acid groups (broad SMARTS) is 2. The van der Waals surface area contributed by atoms with E-state index in [4.69, 9.17) is 38.7 Å². The third-order valence-electron chi connectivity index (χ3n) is 3.99. The zero-order chi connectivity index (χ0) is 21.2. The van der Waals surface area contributed by atoms with Crippen molar-refractivity contribution in [3.63, 3.8) is 0 Å². The number of fused-ring (bicyclic) bond motifs is 1. The lowest BCUT2D eigenvalue weighted by molar-refractivity contribution is -0.159. The van der Waals surface area contributed by atoms with Gasteiger partial charge in [0.1, 0.15) is 0 Å².